The van der Waals surface area contributed by atoms with Crippen LogP contribution >= 0.6 is 15.9 Å². The van der Waals surface area contributed by atoms with Crippen LogP contribution in [0.1, 0.15) is 52.1 Å². The van der Waals surface area contributed by atoms with Crippen molar-refractivity contribution in [3.63, 3.8) is 0 Å². The highest BCUT2D eigenvalue weighted by atomic mass is 79.9. The number of hydrogen-bond donors (Lipinski definition) is 0. The highest BCUT2D eigenvalue weighted by molar-refractivity contribution is 9.10. The molecule has 4 heteroatoms. The Hall–Kier alpha value is -1.03. The number of benzene rings is 1. The normalized spacial score (nSPS) is 23.0. The van der Waals surface area contributed by atoms with E-state index in [4.69, 9.17) is 4.74 Å². The number of rotatable bonds is 1. The Bertz CT molecular complexity index is 493. The lowest BCUT2D eigenvalue weighted by molar-refractivity contribution is 0.00364. The highest BCUT2D eigenvalue weighted by Gasteiger charge is 2.33. The monoisotopic (exact) mass is 353 g/mol. The van der Waals surface area contributed by atoms with Gasteiger partial charge in [0.2, 0.25) is 0 Å². The van der Waals surface area contributed by atoms with Crippen molar-refractivity contribution in [2.75, 3.05) is 6.54 Å². The number of likely N-dealkylation sites (tertiary alicyclic amines) is 1. The Labute approximate surface area is 135 Å². The van der Waals surface area contributed by atoms with E-state index in [0.717, 1.165) is 23.9 Å². The van der Waals surface area contributed by atoms with Crippen LogP contribution in [-0.4, -0.2) is 23.1 Å². The number of hydrogen-bond acceptors (Lipinski definition) is 2. The Kier molecular flexibility index (Phi) is 4.97. The van der Waals surface area contributed by atoms with Crippen LogP contribution in [0.4, 0.5) is 4.79 Å². The van der Waals surface area contributed by atoms with Gasteiger partial charge in [-0.25, -0.2) is 4.79 Å². The first-order valence-corrected chi connectivity index (χ1v) is 8.30. The molecule has 1 aromatic carbocycles. The predicted molar refractivity (Wildman–Crippen MR) is 88.2 cm³/mol. The molecule has 1 aliphatic rings. The third-order valence-electron chi connectivity index (χ3n) is 3.70. The average molecular weight is 354 g/mol. The van der Waals surface area contributed by atoms with E-state index in [-0.39, 0.29) is 12.1 Å². The van der Waals surface area contributed by atoms with Gasteiger partial charge in [0.25, 0.3) is 0 Å². The molecule has 0 aromatic heterocycles. The summed E-state index contributed by atoms with van der Waals surface area (Å²) in [6.07, 6.45) is 1.92. The number of nitrogens with zero attached hydrogens (tertiary/aromatic N) is 1. The predicted octanol–water partition coefficient (Wildman–Crippen LogP) is 5.16. The van der Waals surface area contributed by atoms with Crippen molar-refractivity contribution in [2.24, 2.45) is 5.92 Å². The maximum atomic E-state index is 12.5. The second-order valence-corrected chi connectivity index (χ2v) is 7.80. The third kappa shape index (κ3) is 4.47. The summed E-state index contributed by atoms with van der Waals surface area (Å²) in [4.78, 5) is 14.4. The van der Waals surface area contributed by atoms with Gasteiger partial charge < -0.3 is 9.64 Å². The van der Waals surface area contributed by atoms with E-state index in [9.17, 15) is 4.79 Å². The average Bonchev–Trinajstić information content (AvgIpc) is 2.38. The maximum absolute atomic E-state index is 12.5. The second kappa shape index (κ2) is 6.39. The molecule has 0 unspecified atom stereocenters. The van der Waals surface area contributed by atoms with Gasteiger partial charge >= 0.3 is 6.09 Å². The summed E-state index contributed by atoms with van der Waals surface area (Å²) in [6.45, 7) is 8.68. The molecular formula is C17H24BrNO2. The molecule has 2 atom stereocenters. The van der Waals surface area contributed by atoms with Crippen molar-refractivity contribution >= 4 is 22.0 Å². The van der Waals surface area contributed by atoms with Crippen molar-refractivity contribution in [2.45, 2.75) is 52.2 Å². The summed E-state index contributed by atoms with van der Waals surface area (Å²) in [5.74, 6) is 0.518. The molecule has 2 rings (SSSR count). The second-order valence-electron chi connectivity index (χ2n) is 6.88. The largest absolute Gasteiger partial charge is 0.444 e. The van der Waals surface area contributed by atoms with Gasteiger partial charge in [-0.15, -0.1) is 0 Å². The molecule has 1 heterocycles. The van der Waals surface area contributed by atoms with Crippen LogP contribution in [0.3, 0.4) is 0 Å². The van der Waals surface area contributed by atoms with E-state index in [2.05, 4.69) is 35.0 Å². The van der Waals surface area contributed by atoms with E-state index in [1.54, 1.807) is 0 Å². The number of piperidine rings is 1. The summed E-state index contributed by atoms with van der Waals surface area (Å²) in [5.41, 5.74) is 0.720. The van der Waals surface area contributed by atoms with E-state index in [0.29, 0.717) is 5.92 Å². The molecular weight excluding hydrogens is 330 g/mol. The molecule has 0 aliphatic carbocycles. The topological polar surface area (TPSA) is 29.5 Å². The van der Waals surface area contributed by atoms with Gasteiger partial charge in [0, 0.05) is 11.0 Å². The van der Waals surface area contributed by atoms with Crippen molar-refractivity contribution in [1.82, 2.24) is 4.90 Å². The van der Waals surface area contributed by atoms with Gasteiger partial charge in [0.1, 0.15) is 5.60 Å². The van der Waals surface area contributed by atoms with E-state index in [1.165, 1.54) is 5.56 Å². The first-order chi connectivity index (χ1) is 9.76. The molecule has 116 valence electrons. The van der Waals surface area contributed by atoms with Crippen LogP contribution in [0, 0.1) is 5.92 Å². The molecule has 1 saturated heterocycles. The van der Waals surface area contributed by atoms with Crippen molar-refractivity contribution in [3.05, 3.63) is 34.3 Å². The van der Waals surface area contributed by atoms with Crippen LogP contribution in [0.25, 0.3) is 0 Å². The van der Waals surface area contributed by atoms with Gasteiger partial charge in [0.05, 0.1) is 6.04 Å². The van der Waals surface area contributed by atoms with Crippen LogP contribution in [0.5, 0.6) is 0 Å². The SMILES string of the molecule is C[C@H]1CC[C@H](c2ccc(Br)cc2)N(C(=O)OC(C)(C)C)C1. The fraction of sp³-hybridized carbons (Fsp3) is 0.588. The number of ether oxygens (including phenoxy) is 1. The molecule has 3 nitrogen and oxygen atoms in total. The minimum atomic E-state index is -0.456. The zero-order valence-electron chi connectivity index (χ0n) is 13.2. The van der Waals surface area contributed by atoms with Gasteiger partial charge in [0.15, 0.2) is 0 Å². The lowest BCUT2D eigenvalue weighted by Crippen LogP contribution is -2.44. The zero-order valence-corrected chi connectivity index (χ0v) is 14.8. The number of carbonyl (C=O) groups excluding carboxylic acids is 1. The smallest absolute Gasteiger partial charge is 0.410 e. The molecule has 0 saturated carbocycles. The fourth-order valence-electron chi connectivity index (χ4n) is 2.71. The third-order valence-corrected chi connectivity index (χ3v) is 4.23. The number of carbonyl (C=O) groups is 1. The Morgan fingerprint density at radius 1 is 1.24 bits per heavy atom. The molecule has 21 heavy (non-hydrogen) atoms. The molecule has 1 aliphatic heterocycles. The van der Waals surface area contributed by atoms with Crippen molar-refractivity contribution in [1.29, 1.82) is 0 Å². The van der Waals surface area contributed by atoms with Gasteiger partial charge in [-0.05, 0) is 57.2 Å². The van der Waals surface area contributed by atoms with E-state index in [1.807, 2.05) is 37.8 Å². The minimum Gasteiger partial charge on any atom is -0.444 e. The van der Waals surface area contributed by atoms with E-state index < -0.39 is 5.60 Å². The standard InChI is InChI=1S/C17H24BrNO2/c1-12-5-10-15(13-6-8-14(18)9-7-13)19(11-12)16(20)21-17(2,3)4/h6-9,12,15H,5,10-11H2,1-4H3/t12-,15+/m0/s1. The van der Waals surface area contributed by atoms with Crippen LogP contribution in [0.2, 0.25) is 0 Å². The fourth-order valence-corrected chi connectivity index (χ4v) is 2.97. The summed E-state index contributed by atoms with van der Waals surface area (Å²) >= 11 is 3.46. The molecule has 0 N–H and O–H groups in total. The lowest BCUT2D eigenvalue weighted by Gasteiger charge is -2.39. The quantitative estimate of drug-likeness (QED) is 0.697. The summed E-state index contributed by atoms with van der Waals surface area (Å²) < 4.78 is 6.63. The molecule has 0 spiro atoms. The summed E-state index contributed by atoms with van der Waals surface area (Å²) in [6, 6.07) is 8.34. The zero-order chi connectivity index (χ0) is 15.6. The minimum absolute atomic E-state index is 0.115. The van der Waals surface area contributed by atoms with Crippen molar-refractivity contribution in [3.8, 4) is 0 Å². The molecule has 0 radical (unpaired) electrons. The van der Waals surface area contributed by atoms with Gasteiger partial charge in [-0.1, -0.05) is 35.0 Å². The Morgan fingerprint density at radius 2 is 1.86 bits per heavy atom. The van der Waals surface area contributed by atoms with E-state index >= 15 is 0 Å². The highest BCUT2D eigenvalue weighted by Crippen LogP contribution is 2.34. The lowest BCUT2D eigenvalue weighted by atomic mass is 9.90. The number of amides is 1. The van der Waals surface area contributed by atoms with Crippen LogP contribution in [-0.2, 0) is 4.74 Å². The van der Waals surface area contributed by atoms with Gasteiger partial charge in [-0.2, -0.15) is 0 Å². The van der Waals surface area contributed by atoms with Crippen molar-refractivity contribution < 1.29 is 9.53 Å². The summed E-state index contributed by atoms with van der Waals surface area (Å²) in [7, 11) is 0. The molecule has 0 bridgehead atoms. The van der Waals surface area contributed by atoms with Crippen LogP contribution < -0.4 is 0 Å². The maximum Gasteiger partial charge on any atom is 0.410 e. The first-order valence-electron chi connectivity index (χ1n) is 7.51. The summed E-state index contributed by atoms with van der Waals surface area (Å²) in [5, 5.41) is 0. The molecule has 1 fully saturated rings. The molecule has 1 aromatic rings. The first kappa shape index (κ1) is 16.3. The Morgan fingerprint density at radius 3 is 2.43 bits per heavy atom. The van der Waals surface area contributed by atoms with Crippen LogP contribution in [0.15, 0.2) is 28.7 Å². The number of halogens is 1. The molecule has 1 amide bonds. The van der Waals surface area contributed by atoms with Gasteiger partial charge in [-0.3, -0.25) is 0 Å². The Balaban J connectivity index is 2.21.